The summed E-state index contributed by atoms with van der Waals surface area (Å²) in [5.74, 6) is 1.10. The molecule has 0 bridgehead atoms. The molecule has 0 atom stereocenters. The van der Waals surface area contributed by atoms with E-state index in [1.807, 2.05) is 18.2 Å². The van der Waals surface area contributed by atoms with Crippen LogP contribution < -0.4 is 15.0 Å². The number of amides is 1. The lowest BCUT2D eigenvalue weighted by molar-refractivity contribution is -0.120. The van der Waals surface area contributed by atoms with Gasteiger partial charge < -0.3 is 15.0 Å². The van der Waals surface area contributed by atoms with Crippen LogP contribution >= 0.6 is 15.9 Å². The first-order valence-electron chi connectivity index (χ1n) is 5.91. The number of benzene rings is 1. The van der Waals surface area contributed by atoms with Crippen molar-refractivity contribution in [1.29, 1.82) is 0 Å². The summed E-state index contributed by atoms with van der Waals surface area (Å²) in [5.41, 5.74) is 1.51. The molecular weight excluding hydrogens is 324 g/mol. The van der Waals surface area contributed by atoms with E-state index < -0.39 is 0 Å². The third kappa shape index (κ3) is 2.44. The molecular formula is C13H11BrN4O2. The Morgan fingerprint density at radius 2 is 2.10 bits per heavy atom. The van der Waals surface area contributed by atoms with Crippen molar-refractivity contribution in [2.45, 2.75) is 0 Å². The predicted octanol–water partition coefficient (Wildman–Crippen LogP) is 2.34. The van der Waals surface area contributed by atoms with Crippen LogP contribution in [0.5, 0.6) is 5.75 Å². The summed E-state index contributed by atoms with van der Waals surface area (Å²) in [5, 5.41) is 3.08. The van der Waals surface area contributed by atoms with Crippen LogP contribution in [0.4, 0.5) is 17.3 Å². The van der Waals surface area contributed by atoms with Gasteiger partial charge in [0.2, 0.25) is 5.95 Å². The van der Waals surface area contributed by atoms with E-state index in [0.29, 0.717) is 11.7 Å². The number of aromatic nitrogens is 2. The molecule has 0 saturated heterocycles. The fourth-order valence-corrected chi connectivity index (χ4v) is 2.06. The molecule has 2 heterocycles. The van der Waals surface area contributed by atoms with Crippen molar-refractivity contribution in [1.82, 2.24) is 9.97 Å². The second-order valence-electron chi connectivity index (χ2n) is 4.27. The van der Waals surface area contributed by atoms with E-state index >= 15 is 0 Å². The predicted molar refractivity (Wildman–Crippen MR) is 78.4 cm³/mol. The maximum atomic E-state index is 11.6. The summed E-state index contributed by atoms with van der Waals surface area (Å²) in [6.07, 6.45) is 3.32. The highest BCUT2D eigenvalue weighted by Gasteiger charge is 2.22. The Kier molecular flexibility index (Phi) is 3.27. The molecule has 0 saturated carbocycles. The molecule has 2 aromatic rings. The number of halogens is 1. The summed E-state index contributed by atoms with van der Waals surface area (Å²) in [6, 6.07) is 5.51. The molecule has 1 aliphatic rings. The van der Waals surface area contributed by atoms with Crippen molar-refractivity contribution in [3.05, 3.63) is 35.1 Å². The minimum Gasteiger partial charge on any atom is -0.482 e. The van der Waals surface area contributed by atoms with Gasteiger partial charge in [0.1, 0.15) is 5.75 Å². The Balaban J connectivity index is 1.88. The number of hydrogen-bond donors (Lipinski definition) is 1. The number of fused-ring (bicyclic) bond motifs is 1. The fraction of sp³-hybridized carbons (Fsp3) is 0.154. The molecule has 6 nitrogen and oxygen atoms in total. The molecule has 0 unspecified atom stereocenters. The Morgan fingerprint density at radius 1 is 1.35 bits per heavy atom. The molecule has 1 aliphatic heterocycles. The zero-order valence-corrected chi connectivity index (χ0v) is 12.2. The van der Waals surface area contributed by atoms with Gasteiger partial charge in [-0.15, -0.1) is 0 Å². The molecule has 0 spiro atoms. The molecule has 3 rings (SSSR count). The maximum absolute atomic E-state index is 11.6. The lowest BCUT2D eigenvalue weighted by Crippen LogP contribution is -2.35. The van der Waals surface area contributed by atoms with Gasteiger partial charge >= 0.3 is 0 Å². The van der Waals surface area contributed by atoms with Gasteiger partial charge in [-0.3, -0.25) is 4.79 Å². The van der Waals surface area contributed by atoms with Crippen LogP contribution in [-0.2, 0) is 4.79 Å². The lowest BCUT2D eigenvalue weighted by Gasteiger charge is -2.26. The summed E-state index contributed by atoms with van der Waals surface area (Å²) in [4.78, 5) is 21.5. The number of nitrogens with zero attached hydrogens (tertiary/aromatic N) is 3. The summed E-state index contributed by atoms with van der Waals surface area (Å²) < 4.78 is 6.18. The lowest BCUT2D eigenvalue weighted by atomic mass is 10.2. The number of nitrogens with one attached hydrogen (secondary N) is 1. The molecule has 0 radical (unpaired) electrons. The van der Waals surface area contributed by atoms with Crippen LogP contribution in [0.2, 0.25) is 0 Å². The van der Waals surface area contributed by atoms with Crippen molar-refractivity contribution in [2.75, 3.05) is 23.9 Å². The Labute approximate surface area is 123 Å². The zero-order chi connectivity index (χ0) is 14.1. The SMILES string of the molecule is CN1C(=O)COc2ccc(Nc3ncc(Br)cn3)cc21. The van der Waals surface area contributed by atoms with Crippen LogP contribution in [0.1, 0.15) is 0 Å². The van der Waals surface area contributed by atoms with Gasteiger partial charge in [0.25, 0.3) is 5.91 Å². The van der Waals surface area contributed by atoms with Crippen molar-refractivity contribution in [2.24, 2.45) is 0 Å². The molecule has 7 heteroatoms. The third-order valence-electron chi connectivity index (χ3n) is 2.92. The smallest absolute Gasteiger partial charge is 0.264 e. The van der Waals surface area contributed by atoms with Gasteiger partial charge in [0.05, 0.1) is 10.2 Å². The number of ether oxygens (including phenoxy) is 1. The number of hydrogen-bond acceptors (Lipinski definition) is 5. The molecule has 102 valence electrons. The van der Waals surface area contributed by atoms with Gasteiger partial charge in [-0.2, -0.15) is 0 Å². The van der Waals surface area contributed by atoms with Crippen LogP contribution in [-0.4, -0.2) is 29.5 Å². The Bertz CT molecular complexity index is 660. The minimum absolute atomic E-state index is 0.0745. The highest BCUT2D eigenvalue weighted by Crippen LogP contribution is 2.34. The molecule has 1 amide bonds. The number of carbonyl (C=O) groups is 1. The highest BCUT2D eigenvalue weighted by molar-refractivity contribution is 9.10. The Hall–Kier alpha value is -2.15. The van der Waals surface area contributed by atoms with Gasteiger partial charge in [-0.1, -0.05) is 0 Å². The van der Waals surface area contributed by atoms with Crippen molar-refractivity contribution in [3.8, 4) is 5.75 Å². The molecule has 0 aliphatic carbocycles. The van der Waals surface area contributed by atoms with E-state index in [2.05, 4.69) is 31.2 Å². The van der Waals surface area contributed by atoms with E-state index in [-0.39, 0.29) is 12.5 Å². The van der Waals surface area contributed by atoms with Crippen LogP contribution in [0.15, 0.2) is 35.1 Å². The number of carbonyl (C=O) groups excluding carboxylic acids is 1. The second kappa shape index (κ2) is 5.09. The standard InChI is InChI=1S/C13H11BrN4O2/c1-18-10-4-9(2-3-11(10)20-7-12(18)19)17-13-15-5-8(14)6-16-13/h2-6H,7H2,1H3,(H,15,16,17). The third-order valence-corrected chi connectivity index (χ3v) is 3.33. The first-order valence-corrected chi connectivity index (χ1v) is 6.71. The highest BCUT2D eigenvalue weighted by atomic mass is 79.9. The molecule has 1 aromatic heterocycles. The van der Waals surface area contributed by atoms with E-state index in [9.17, 15) is 4.79 Å². The zero-order valence-electron chi connectivity index (χ0n) is 10.6. The second-order valence-corrected chi connectivity index (χ2v) is 5.19. The number of rotatable bonds is 2. The van der Waals surface area contributed by atoms with Gasteiger partial charge in [0.15, 0.2) is 6.61 Å². The van der Waals surface area contributed by atoms with Gasteiger partial charge in [-0.05, 0) is 34.1 Å². The largest absolute Gasteiger partial charge is 0.482 e. The monoisotopic (exact) mass is 334 g/mol. The topological polar surface area (TPSA) is 67.3 Å². The quantitative estimate of drug-likeness (QED) is 0.912. The van der Waals surface area contributed by atoms with Crippen molar-refractivity contribution < 1.29 is 9.53 Å². The summed E-state index contributed by atoms with van der Waals surface area (Å²) >= 11 is 3.28. The fourth-order valence-electron chi connectivity index (χ4n) is 1.86. The summed E-state index contributed by atoms with van der Waals surface area (Å²) in [6.45, 7) is 0.0755. The molecule has 1 aromatic carbocycles. The number of anilines is 3. The van der Waals surface area contributed by atoms with E-state index in [1.165, 1.54) is 0 Å². The molecule has 1 N–H and O–H groups in total. The molecule has 20 heavy (non-hydrogen) atoms. The first kappa shape index (κ1) is 12.9. The van der Waals surface area contributed by atoms with Crippen molar-refractivity contribution >= 4 is 39.2 Å². The van der Waals surface area contributed by atoms with E-state index in [1.54, 1.807) is 24.3 Å². The summed E-state index contributed by atoms with van der Waals surface area (Å²) in [7, 11) is 1.73. The average molecular weight is 335 g/mol. The van der Waals surface area contributed by atoms with Crippen LogP contribution in [0, 0.1) is 0 Å². The number of likely N-dealkylation sites (N-methyl/N-ethyl adjacent to an activating group) is 1. The maximum Gasteiger partial charge on any atom is 0.264 e. The molecule has 0 fully saturated rings. The first-order chi connectivity index (χ1) is 9.63. The van der Waals surface area contributed by atoms with Gasteiger partial charge in [-0.25, -0.2) is 9.97 Å². The van der Waals surface area contributed by atoms with Crippen molar-refractivity contribution in [3.63, 3.8) is 0 Å². The Morgan fingerprint density at radius 3 is 2.85 bits per heavy atom. The van der Waals surface area contributed by atoms with Crippen LogP contribution in [0.3, 0.4) is 0 Å². The van der Waals surface area contributed by atoms with E-state index in [4.69, 9.17) is 4.74 Å². The van der Waals surface area contributed by atoms with Crippen LogP contribution in [0.25, 0.3) is 0 Å². The van der Waals surface area contributed by atoms with E-state index in [0.717, 1.165) is 15.8 Å². The van der Waals surface area contributed by atoms with Gasteiger partial charge in [0, 0.05) is 25.1 Å². The normalized spacial score (nSPS) is 13.7. The average Bonchev–Trinajstić information content (AvgIpc) is 2.46. The minimum atomic E-state index is -0.0745.